The molecule has 1 aromatic carbocycles. The summed E-state index contributed by atoms with van der Waals surface area (Å²) < 4.78 is 5.46. The minimum Gasteiger partial charge on any atom is -0.492 e. The Morgan fingerprint density at radius 1 is 1.61 bits per heavy atom. The van der Waals surface area contributed by atoms with Crippen LogP contribution in [0, 0.1) is 0 Å². The molecule has 2 N–H and O–H groups in total. The first-order valence-electron chi connectivity index (χ1n) is 6.17. The van der Waals surface area contributed by atoms with Crippen LogP contribution in [0.25, 0.3) is 0 Å². The molecule has 2 rings (SSSR count). The number of anilines is 1. The van der Waals surface area contributed by atoms with Gasteiger partial charge in [0.15, 0.2) is 0 Å². The van der Waals surface area contributed by atoms with E-state index in [1.54, 1.807) is 18.2 Å². The standard InChI is InChI=1S/C13H17ClN2O2/c1-2-18-12-6-5-9(14)8-11(12)16-13(17)10-4-3-7-15-10/h5-6,8,10,15H,2-4,7H2,1H3,(H,16,17)/t10-/m1/s1. The number of amides is 1. The molecule has 0 aromatic heterocycles. The Morgan fingerprint density at radius 3 is 3.11 bits per heavy atom. The molecule has 98 valence electrons. The Kier molecular flexibility index (Phi) is 4.44. The van der Waals surface area contributed by atoms with E-state index in [0.717, 1.165) is 19.4 Å². The lowest BCUT2D eigenvalue weighted by Gasteiger charge is -2.14. The maximum absolute atomic E-state index is 12.0. The highest BCUT2D eigenvalue weighted by molar-refractivity contribution is 6.31. The monoisotopic (exact) mass is 268 g/mol. The lowest BCUT2D eigenvalue weighted by molar-refractivity contribution is -0.117. The second-order valence-corrected chi connectivity index (χ2v) is 4.65. The summed E-state index contributed by atoms with van der Waals surface area (Å²) >= 11 is 5.94. The zero-order valence-electron chi connectivity index (χ0n) is 10.3. The molecule has 4 nitrogen and oxygen atoms in total. The first kappa shape index (κ1) is 13.2. The van der Waals surface area contributed by atoms with Crippen molar-refractivity contribution in [1.29, 1.82) is 0 Å². The summed E-state index contributed by atoms with van der Waals surface area (Å²) in [5, 5.41) is 6.60. The third-order valence-electron chi connectivity index (χ3n) is 2.88. The van der Waals surface area contributed by atoms with Crippen LogP contribution in [-0.4, -0.2) is 25.1 Å². The second-order valence-electron chi connectivity index (χ2n) is 4.21. The van der Waals surface area contributed by atoms with Gasteiger partial charge in [-0.25, -0.2) is 0 Å². The highest BCUT2D eigenvalue weighted by atomic mass is 35.5. The fourth-order valence-corrected chi connectivity index (χ4v) is 2.18. The molecule has 0 bridgehead atoms. The lowest BCUT2D eigenvalue weighted by atomic mass is 10.2. The molecule has 5 heteroatoms. The van der Waals surface area contributed by atoms with Gasteiger partial charge in [-0.05, 0) is 44.5 Å². The highest BCUT2D eigenvalue weighted by Crippen LogP contribution is 2.28. The van der Waals surface area contributed by atoms with Crippen LogP contribution < -0.4 is 15.4 Å². The topological polar surface area (TPSA) is 50.4 Å². The van der Waals surface area contributed by atoms with E-state index in [9.17, 15) is 4.79 Å². The molecule has 0 spiro atoms. The van der Waals surface area contributed by atoms with E-state index in [4.69, 9.17) is 16.3 Å². The molecule has 0 saturated carbocycles. The number of hydrogen-bond acceptors (Lipinski definition) is 3. The lowest BCUT2D eigenvalue weighted by Crippen LogP contribution is -2.35. The van der Waals surface area contributed by atoms with Crippen molar-refractivity contribution in [2.75, 3.05) is 18.5 Å². The third kappa shape index (κ3) is 3.15. The van der Waals surface area contributed by atoms with Gasteiger partial charge in [0, 0.05) is 5.02 Å². The smallest absolute Gasteiger partial charge is 0.241 e. The van der Waals surface area contributed by atoms with E-state index in [1.807, 2.05) is 6.92 Å². The number of nitrogens with one attached hydrogen (secondary N) is 2. The third-order valence-corrected chi connectivity index (χ3v) is 3.11. The molecule has 1 aliphatic rings. The number of benzene rings is 1. The summed E-state index contributed by atoms with van der Waals surface area (Å²) in [6.45, 7) is 3.34. The van der Waals surface area contributed by atoms with Crippen molar-refractivity contribution < 1.29 is 9.53 Å². The molecule has 18 heavy (non-hydrogen) atoms. The van der Waals surface area contributed by atoms with Gasteiger partial charge in [-0.2, -0.15) is 0 Å². The Bertz CT molecular complexity index is 431. The summed E-state index contributed by atoms with van der Waals surface area (Å²) in [6, 6.07) is 5.11. The maximum Gasteiger partial charge on any atom is 0.241 e. The van der Waals surface area contributed by atoms with Crippen LogP contribution in [0.5, 0.6) is 5.75 Å². The fourth-order valence-electron chi connectivity index (χ4n) is 2.01. The minimum absolute atomic E-state index is 0.0317. The van der Waals surface area contributed by atoms with Crippen LogP contribution in [0.1, 0.15) is 19.8 Å². The maximum atomic E-state index is 12.0. The van der Waals surface area contributed by atoms with Crippen molar-refractivity contribution in [2.45, 2.75) is 25.8 Å². The number of carbonyl (C=O) groups excluding carboxylic acids is 1. The molecular weight excluding hydrogens is 252 g/mol. The molecule has 0 radical (unpaired) electrons. The second kappa shape index (κ2) is 6.07. The predicted molar refractivity (Wildman–Crippen MR) is 72.3 cm³/mol. The van der Waals surface area contributed by atoms with Crippen LogP contribution in [0.15, 0.2) is 18.2 Å². The zero-order chi connectivity index (χ0) is 13.0. The number of halogens is 1. The summed E-state index contributed by atoms with van der Waals surface area (Å²) in [7, 11) is 0. The molecule has 1 aliphatic heterocycles. The summed E-state index contributed by atoms with van der Waals surface area (Å²) in [5.41, 5.74) is 0.628. The quantitative estimate of drug-likeness (QED) is 0.882. The molecule has 1 fully saturated rings. The molecular formula is C13H17ClN2O2. The first-order chi connectivity index (χ1) is 8.70. The summed E-state index contributed by atoms with van der Waals surface area (Å²) in [6.07, 6.45) is 1.91. The summed E-state index contributed by atoms with van der Waals surface area (Å²) in [4.78, 5) is 12.0. The fraction of sp³-hybridized carbons (Fsp3) is 0.462. The van der Waals surface area contributed by atoms with Gasteiger partial charge in [0.2, 0.25) is 5.91 Å². The van der Waals surface area contributed by atoms with Crippen molar-refractivity contribution in [2.24, 2.45) is 0 Å². The van der Waals surface area contributed by atoms with Crippen LogP contribution in [-0.2, 0) is 4.79 Å². The SMILES string of the molecule is CCOc1ccc(Cl)cc1NC(=O)[C@H]1CCCN1. The van der Waals surface area contributed by atoms with E-state index in [-0.39, 0.29) is 11.9 Å². The van der Waals surface area contributed by atoms with Crippen molar-refractivity contribution in [1.82, 2.24) is 5.32 Å². The van der Waals surface area contributed by atoms with Crippen molar-refractivity contribution >= 4 is 23.2 Å². The van der Waals surface area contributed by atoms with Crippen molar-refractivity contribution in [3.8, 4) is 5.75 Å². The average Bonchev–Trinajstić information content (AvgIpc) is 2.86. The Balaban J connectivity index is 2.11. The Hall–Kier alpha value is -1.26. The largest absolute Gasteiger partial charge is 0.492 e. The van der Waals surface area contributed by atoms with Crippen molar-refractivity contribution in [3.05, 3.63) is 23.2 Å². The van der Waals surface area contributed by atoms with Gasteiger partial charge in [-0.3, -0.25) is 4.79 Å². The Labute approximate surface area is 112 Å². The predicted octanol–water partition coefficient (Wildman–Crippen LogP) is 2.43. The van der Waals surface area contributed by atoms with Crippen LogP contribution in [0.4, 0.5) is 5.69 Å². The average molecular weight is 269 g/mol. The first-order valence-corrected chi connectivity index (χ1v) is 6.55. The Morgan fingerprint density at radius 2 is 2.44 bits per heavy atom. The van der Waals surface area contributed by atoms with E-state index >= 15 is 0 Å². The molecule has 1 aromatic rings. The van der Waals surface area contributed by atoms with E-state index in [2.05, 4.69) is 10.6 Å². The number of hydrogen-bond donors (Lipinski definition) is 2. The summed E-state index contributed by atoms with van der Waals surface area (Å²) in [5.74, 6) is 0.615. The molecule has 1 saturated heterocycles. The number of ether oxygens (including phenoxy) is 1. The minimum atomic E-state index is -0.113. The van der Waals surface area contributed by atoms with Gasteiger partial charge in [0.25, 0.3) is 0 Å². The van der Waals surface area contributed by atoms with Gasteiger partial charge in [0.05, 0.1) is 18.3 Å². The van der Waals surface area contributed by atoms with Crippen molar-refractivity contribution in [3.63, 3.8) is 0 Å². The zero-order valence-corrected chi connectivity index (χ0v) is 11.1. The molecule has 1 amide bonds. The molecule has 1 atom stereocenters. The van der Waals surface area contributed by atoms with Gasteiger partial charge < -0.3 is 15.4 Å². The molecule has 0 unspecified atom stereocenters. The van der Waals surface area contributed by atoms with Gasteiger partial charge in [-0.1, -0.05) is 11.6 Å². The van der Waals surface area contributed by atoms with Crippen LogP contribution >= 0.6 is 11.6 Å². The highest BCUT2D eigenvalue weighted by Gasteiger charge is 2.22. The number of rotatable bonds is 4. The van der Waals surface area contributed by atoms with Gasteiger partial charge in [0.1, 0.15) is 5.75 Å². The van der Waals surface area contributed by atoms with E-state index in [1.165, 1.54) is 0 Å². The van der Waals surface area contributed by atoms with Crippen LogP contribution in [0.2, 0.25) is 5.02 Å². The van der Waals surface area contributed by atoms with E-state index < -0.39 is 0 Å². The normalized spacial score (nSPS) is 18.7. The molecule has 0 aliphatic carbocycles. The van der Waals surface area contributed by atoms with E-state index in [0.29, 0.717) is 23.1 Å². The number of carbonyl (C=O) groups is 1. The van der Waals surface area contributed by atoms with Crippen LogP contribution in [0.3, 0.4) is 0 Å². The van der Waals surface area contributed by atoms with Gasteiger partial charge >= 0.3 is 0 Å². The molecule has 1 heterocycles. The van der Waals surface area contributed by atoms with Gasteiger partial charge in [-0.15, -0.1) is 0 Å².